The maximum atomic E-state index is 12.1. The molecule has 0 bridgehead atoms. The van der Waals surface area contributed by atoms with Crippen molar-refractivity contribution < 1.29 is 19.2 Å². The minimum atomic E-state index is -0.599. The minimum absolute atomic E-state index is 0.0618. The Morgan fingerprint density at radius 1 is 1.10 bits per heavy atom. The van der Waals surface area contributed by atoms with Gasteiger partial charge < -0.3 is 14.4 Å². The first-order valence-electron chi connectivity index (χ1n) is 8.69. The van der Waals surface area contributed by atoms with Crippen LogP contribution in [0.4, 0.5) is 0 Å². The fourth-order valence-corrected chi connectivity index (χ4v) is 2.82. The van der Waals surface area contributed by atoms with E-state index < -0.39 is 5.97 Å². The van der Waals surface area contributed by atoms with E-state index in [9.17, 15) is 4.79 Å². The van der Waals surface area contributed by atoms with E-state index in [2.05, 4.69) is 38.1 Å². The summed E-state index contributed by atoms with van der Waals surface area (Å²) < 4.78 is 5.72. The summed E-state index contributed by atoms with van der Waals surface area (Å²) in [6.45, 7) is 3.80. The molecular formula is C22H21BrN2O4. The smallest absolute Gasteiger partial charge is 0.360 e. The van der Waals surface area contributed by atoms with Crippen LogP contribution >= 0.6 is 15.9 Å². The average molecular weight is 457 g/mol. The Morgan fingerprint density at radius 3 is 2.55 bits per heavy atom. The number of oxime groups is 2. The maximum absolute atomic E-state index is 12.1. The number of esters is 1. The van der Waals surface area contributed by atoms with E-state index in [1.807, 2.05) is 43.3 Å². The molecular weight excluding hydrogens is 436 g/mol. The molecule has 0 spiro atoms. The molecule has 0 saturated carbocycles. The highest BCUT2D eigenvalue weighted by molar-refractivity contribution is 9.10. The molecule has 0 aliphatic heterocycles. The second kappa shape index (κ2) is 11.0. The number of carbonyl (C=O) groups is 1. The van der Waals surface area contributed by atoms with Crippen molar-refractivity contribution in [1.82, 2.24) is 0 Å². The van der Waals surface area contributed by atoms with E-state index in [0.717, 1.165) is 21.2 Å². The third-order valence-electron chi connectivity index (χ3n) is 3.89. The van der Waals surface area contributed by atoms with Gasteiger partial charge in [0.15, 0.2) is 5.71 Å². The first-order chi connectivity index (χ1) is 14.0. The molecule has 6 nitrogen and oxygen atoms in total. The molecule has 0 amide bonds. The Hall–Kier alpha value is -3.11. The lowest BCUT2D eigenvalue weighted by molar-refractivity contribution is -0.132. The number of benzene rings is 2. The standard InChI is InChI=1S/C22H21BrN2O4/c1-15-8-7-10-18(21(25-28-4)22(26)27-3)19(15)14-29-24-16(2)12-13-17-9-5-6-11-20(17)23/h5-11H,14H2,1-4H3/b24-16+,25-21+. The largest absolute Gasteiger partial charge is 0.464 e. The first-order valence-corrected chi connectivity index (χ1v) is 9.48. The SMILES string of the molecule is CO/N=C(/C(=O)OC)c1cccc(C)c1CO/N=C(\C)C#Cc1ccccc1Br. The summed E-state index contributed by atoms with van der Waals surface area (Å²) in [5.41, 5.74) is 3.68. The molecule has 0 aliphatic rings. The van der Waals surface area contributed by atoms with E-state index in [4.69, 9.17) is 14.4 Å². The molecule has 0 radical (unpaired) electrons. The predicted octanol–water partition coefficient (Wildman–Crippen LogP) is 4.23. The topological polar surface area (TPSA) is 69.5 Å². The number of nitrogens with zero attached hydrogens (tertiary/aromatic N) is 2. The number of hydrogen-bond donors (Lipinski definition) is 0. The van der Waals surface area contributed by atoms with Crippen molar-refractivity contribution in [2.45, 2.75) is 20.5 Å². The van der Waals surface area contributed by atoms with E-state index in [0.29, 0.717) is 11.3 Å². The summed E-state index contributed by atoms with van der Waals surface area (Å²) >= 11 is 3.46. The van der Waals surface area contributed by atoms with E-state index >= 15 is 0 Å². The summed E-state index contributed by atoms with van der Waals surface area (Å²) in [4.78, 5) is 22.4. The van der Waals surface area contributed by atoms with Gasteiger partial charge >= 0.3 is 5.97 Å². The van der Waals surface area contributed by atoms with Crippen LogP contribution in [-0.2, 0) is 25.8 Å². The van der Waals surface area contributed by atoms with Crippen LogP contribution < -0.4 is 0 Å². The van der Waals surface area contributed by atoms with Crippen molar-refractivity contribution in [2.24, 2.45) is 10.3 Å². The molecule has 0 unspecified atom stereocenters. The molecule has 2 aromatic rings. The fraction of sp³-hybridized carbons (Fsp3) is 0.227. The lowest BCUT2D eigenvalue weighted by Gasteiger charge is -2.12. The molecule has 0 fully saturated rings. The molecule has 0 atom stereocenters. The first kappa shape index (κ1) is 22.2. The second-order valence-electron chi connectivity index (χ2n) is 5.90. The lowest BCUT2D eigenvalue weighted by atomic mass is 9.99. The Kier molecular flexibility index (Phi) is 8.44. The van der Waals surface area contributed by atoms with Crippen molar-refractivity contribution in [3.63, 3.8) is 0 Å². The Labute approximate surface area is 178 Å². The molecule has 2 rings (SSSR count). The van der Waals surface area contributed by atoms with Crippen LogP contribution in [0, 0.1) is 18.8 Å². The number of rotatable bonds is 6. The minimum Gasteiger partial charge on any atom is -0.464 e. The number of halogens is 1. The zero-order valence-electron chi connectivity index (χ0n) is 16.7. The Morgan fingerprint density at radius 2 is 1.86 bits per heavy atom. The highest BCUT2D eigenvalue weighted by atomic mass is 79.9. The van der Waals surface area contributed by atoms with Crippen molar-refractivity contribution in [3.8, 4) is 11.8 Å². The van der Waals surface area contributed by atoms with Crippen LogP contribution in [0.1, 0.15) is 29.2 Å². The van der Waals surface area contributed by atoms with Crippen LogP contribution in [0.5, 0.6) is 0 Å². The van der Waals surface area contributed by atoms with Gasteiger partial charge in [0.2, 0.25) is 0 Å². The van der Waals surface area contributed by atoms with Gasteiger partial charge in [0, 0.05) is 21.2 Å². The average Bonchev–Trinajstić information content (AvgIpc) is 2.72. The molecule has 150 valence electrons. The Balaban J connectivity index is 2.21. The highest BCUT2D eigenvalue weighted by Gasteiger charge is 2.20. The van der Waals surface area contributed by atoms with Gasteiger partial charge in [0.05, 0.1) is 7.11 Å². The fourth-order valence-electron chi connectivity index (χ4n) is 2.44. The molecule has 0 saturated heterocycles. The van der Waals surface area contributed by atoms with Crippen LogP contribution in [0.25, 0.3) is 0 Å². The monoisotopic (exact) mass is 456 g/mol. The molecule has 0 aliphatic carbocycles. The van der Waals surface area contributed by atoms with Gasteiger partial charge in [0.25, 0.3) is 0 Å². The molecule has 2 aromatic carbocycles. The van der Waals surface area contributed by atoms with Gasteiger partial charge in [-0.2, -0.15) is 0 Å². The molecule has 0 aromatic heterocycles. The number of ether oxygens (including phenoxy) is 1. The summed E-state index contributed by atoms with van der Waals surface area (Å²) in [6.07, 6.45) is 0. The normalized spacial score (nSPS) is 11.3. The van der Waals surface area contributed by atoms with Crippen molar-refractivity contribution >= 4 is 33.3 Å². The van der Waals surface area contributed by atoms with Crippen molar-refractivity contribution in [1.29, 1.82) is 0 Å². The molecule has 0 heterocycles. The Bertz CT molecular complexity index is 1000. The van der Waals surface area contributed by atoms with Gasteiger partial charge in [-0.3, -0.25) is 0 Å². The summed E-state index contributed by atoms with van der Waals surface area (Å²) in [5, 5.41) is 7.86. The van der Waals surface area contributed by atoms with Crippen LogP contribution in [0.15, 0.2) is 57.2 Å². The number of methoxy groups -OCH3 is 1. The quantitative estimate of drug-likeness (QED) is 0.282. The van der Waals surface area contributed by atoms with E-state index in [-0.39, 0.29) is 12.3 Å². The number of hydrogen-bond acceptors (Lipinski definition) is 6. The summed E-state index contributed by atoms with van der Waals surface area (Å²) in [5.74, 6) is 5.39. The predicted molar refractivity (Wildman–Crippen MR) is 116 cm³/mol. The van der Waals surface area contributed by atoms with Gasteiger partial charge in [-0.25, -0.2) is 4.79 Å². The van der Waals surface area contributed by atoms with Crippen molar-refractivity contribution in [2.75, 3.05) is 14.2 Å². The van der Waals surface area contributed by atoms with Gasteiger partial charge in [-0.05, 0) is 53.4 Å². The molecule has 0 N–H and O–H groups in total. The van der Waals surface area contributed by atoms with Gasteiger partial charge in [-0.15, -0.1) is 0 Å². The van der Waals surface area contributed by atoms with E-state index in [1.54, 1.807) is 13.0 Å². The third-order valence-corrected chi connectivity index (χ3v) is 4.58. The van der Waals surface area contributed by atoms with Crippen LogP contribution in [-0.4, -0.2) is 31.6 Å². The summed E-state index contributed by atoms with van der Waals surface area (Å²) in [6, 6.07) is 13.2. The van der Waals surface area contributed by atoms with Crippen LogP contribution in [0.3, 0.4) is 0 Å². The number of aryl methyl sites for hydroxylation is 1. The summed E-state index contributed by atoms with van der Waals surface area (Å²) in [7, 11) is 2.66. The third kappa shape index (κ3) is 6.19. The number of carbonyl (C=O) groups excluding carboxylic acids is 1. The van der Waals surface area contributed by atoms with Crippen molar-refractivity contribution in [3.05, 3.63) is 69.2 Å². The second-order valence-corrected chi connectivity index (χ2v) is 6.75. The van der Waals surface area contributed by atoms with Gasteiger partial charge in [-0.1, -0.05) is 46.6 Å². The zero-order valence-corrected chi connectivity index (χ0v) is 18.2. The van der Waals surface area contributed by atoms with Crippen LogP contribution in [0.2, 0.25) is 0 Å². The maximum Gasteiger partial charge on any atom is 0.360 e. The lowest BCUT2D eigenvalue weighted by Crippen LogP contribution is -2.20. The van der Waals surface area contributed by atoms with E-state index in [1.165, 1.54) is 14.2 Å². The highest BCUT2D eigenvalue weighted by Crippen LogP contribution is 2.18. The van der Waals surface area contributed by atoms with Gasteiger partial charge in [0.1, 0.15) is 19.4 Å². The molecule has 29 heavy (non-hydrogen) atoms. The molecule has 7 heteroatoms. The zero-order chi connectivity index (χ0) is 21.2.